The molecule has 2 atom stereocenters. The molecule has 0 aliphatic heterocycles. The van der Waals surface area contributed by atoms with Crippen molar-refractivity contribution < 1.29 is 18.8 Å². The molecule has 0 saturated heterocycles. The zero-order valence-corrected chi connectivity index (χ0v) is 16.6. The van der Waals surface area contributed by atoms with Crippen molar-refractivity contribution in [3.05, 3.63) is 41.5 Å². The Labute approximate surface area is 159 Å². The molecule has 1 aromatic heterocycles. The van der Waals surface area contributed by atoms with E-state index >= 15 is 0 Å². The standard InChI is InChI=1S/C19H28N4O4/c1-13(25-4)19-21-18(27-22-19)10-9-17(24)20-12-16(23(2)3)14-7-6-8-15(11-14)26-5/h6-8,11,13,16H,9-10,12H2,1-5H3,(H,20,24)/t13-,16+/m0/s1. The van der Waals surface area contributed by atoms with Gasteiger partial charge in [-0.05, 0) is 38.7 Å². The van der Waals surface area contributed by atoms with Crippen molar-refractivity contribution >= 4 is 5.91 Å². The molecule has 0 bridgehead atoms. The van der Waals surface area contributed by atoms with Gasteiger partial charge in [0, 0.05) is 26.5 Å². The van der Waals surface area contributed by atoms with E-state index in [-0.39, 0.29) is 24.5 Å². The van der Waals surface area contributed by atoms with Crippen molar-refractivity contribution in [3.8, 4) is 5.75 Å². The molecule has 8 heteroatoms. The second-order valence-corrected chi connectivity index (χ2v) is 6.48. The molecule has 27 heavy (non-hydrogen) atoms. The smallest absolute Gasteiger partial charge is 0.227 e. The first kappa shape index (κ1) is 20.9. The predicted molar refractivity (Wildman–Crippen MR) is 100 cm³/mol. The fourth-order valence-corrected chi connectivity index (χ4v) is 2.61. The average Bonchev–Trinajstić information content (AvgIpc) is 3.15. The largest absolute Gasteiger partial charge is 0.497 e. The first-order valence-electron chi connectivity index (χ1n) is 8.87. The molecule has 148 valence electrons. The van der Waals surface area contributed by atoms with Gasteiger partial charge >= 0.3 is 0 Å². The summed E-state index contributed by atoms with van der Waals surface area (Å²) >= 11 is 0. The number of likely N-dealkylation sites (N-methyl/N-ethyl adjacent to an activating group) is 1. The third kappa shape index (κ3) is 6.04. The molecular formula is C19H28N4O4. The third-order valence-corrected chi connectivity index (χ3v) is 4.36. The van der Waals surface area contributed by atoms with Crippen LogP contribution in [0.2, 0.25) is 0 Å². The van der Waals surface area contributed by atoms with Crippen LogP contribution in [0.5, 0.6) is 5.75 Å². The summed E-state index contributed by atoms with van der Waals surface area (Å²) < 4.78 is 15.6. The van der Waals surface area contributed by atoms with E-state index in [0.717, 1.165) is 11.3 Å². The number of aromatic nitrogens is 2. The van der Waals surface area contributed by atoms with Crippen molar-refractivity contribution in [2.75, 3.05) is 34.9 Å². The Morgan fingerprint density at radius 1 is 1.33 bits per heavy atom. The van der Waals surface area contributed by atoms with Crippen molar-refractivity contribution in [2.45, 2.75) is 31.9 Å². The van der Waals surface area contributed by atoms with Crippen LogP contribution >= 0.6 is 0 Å². The van der Waals surface area contributed by atoms with E-state index in [1.165, 1.54) is 0 Å². The third-order valence-electron chi connectivity index (χ3n) is 4.36. The molecule has 0 aliphatic rings. The number of aryl methyl sites for hydroxylation is 1. The van der Waals surface area contributed by atoms with Gasteiger partial charge in [0.25, 0.3) is 0 Å². The van der Waals surface area contributed by atoms with E-state index < -0.39 is 0 Å². The van der Waals surface area contributed by atoms with Crippen LogP contribution < -0.4 is 10.1 Å². The molecule has 0 saturated carbocycles. The minimum Gasteiger partial charge on any atom is -0.497 e. The first-order valence-corrected chi connectivity index (χ1v) is 8.87. The van der Waals surface area contributed by atoms with E-state index in [0.29, 0.717) is 24.7 Å². The van der Waals surface area contributed by atoms with Gasteiger partial charge in [-0.3, -0.25) is 4.79 Å². The molecule has 2 aromatic rings. The summed E-state index contributed by atoms with van der Waals surface area (Å²) in [6, 6.07) is 7.89. The molecular weight excluding hydrogens is 348 g/mol. The van der Waals surface area contributed by atoms with Crippen molar-refractivity contribution in [3.63, 3.8) is 0 Å². The molecule has 0 spiro atoms. The van der Waals surface area contributed by atoms with Gasteiger partial charge in [-0.1, -0.05) is 17.3 Å². The normalized spacial score (nSPS) is 13.4. The fraction of sp³-hybridized carbons (Fsp3) is 0.526. The minimum absolute atomic E-state index is 0.0432. The summed E-state index contributed by atoms with van der Waals surface area (Å²) in [5, 5.41) is 6.83. The number of carbonyl (C=O) groups is 1. The fourth-order valence-electron chi connectivity index (χ4n) is 2.61. The highest BCUT2D eigenvalue weighted by Crippen LogP contribution is 2.22. The molecule has 0 unspecified atom stereocenters. The Kier molecular flexibility index (Phi) is 7.75. The molecule has 0 fully saturated rings. The number of benzene rings is 1. The monoisotopic (exact) mass is 376 g/mol. The van der Waals surface area contributed by atoms with Crippen LogP contribution in [0.3, 0.4) is 0 Å². The summed E-state index contributed by atoms with van der Waals surface area (Å²) in [6.07, 6.45) is 0.433. The Morgan fingerprint density at radius 2 is 2.11 bits per heavy atom. The SMILES string of the molecule is COc1cccc([C@@H](CNC(=O)CCc2nc([C@H](C)OC)no2)N(C)C)c1. The molecule has 0 aliphatic carbocycles. The maximum atomic E-state index is 12.2. The Balaban J connectivity index is 1.87. The van der Waals surface area contributed by atoms with Gasteiger partial charge in [-0.15, -0.1) is 0 Å². The minimum atomic E-state index is -0.236. The summed E-state index contributed by atoms with van der Waals surface area (Å²) in [6.45, 7) is 2.33. The lowest BCUT2D eigenvalue weighted by Crippen LogP contribution is -2.34. The number of amides is 1. The zero-order chi connectivity index (χ0) is 19.8. The maximum Gasteiger partial charge on any atom is 0.227 e. The van der Waals surface area contributed by atoms with E-state index in [2.05, 4.69) is 20.4 Å². The second-order valence-electron chi connectivity index (χ2n) is 6.48. The Bertz CT molecular complexity index is 732. The summed E-state index contributed by atoms with van der Waals surface area (Å²) in [7, 11) is 7.18. The van der Waals surface area contributed by atoms with Gasteiger partial charge in [-0.2, -0.15) is 4.98 Å². The van der Waals surface area contributed by atoms with Crippen molar-refractivity contribution in [2.24, 2.45) is 0 Å². The lowest BCUT2D eigenvalue weighted by molar-refractivity contribution is -0.121. The lowest BCUT2D eigenvalue weighted by Gasteiger charge is -2.25. The highest BCUT2D eigenvalue weighted by atomic mass is 16.5. The van der Waals surface area contributed by atoms with Crippen LogP contribution in [0.15, 0.2) is 28.8 Å². The van der Waals surface area contributed by atoms with E-state index in [4.69, 9.17) is 14.0 Å². The second kappa shape index (κ2) is 10.0. The first-order chi connectivity index (χ1) is 12.9. The Hall–Kier alpha value is -2.45. The van der Waals surface area contributed by atoms with Crippen LogP contribution in [0, 0.1) is 0 Å². The number of hydrogen-bond donors (Lipinski definition) is 1. The Morgan fingerprint density at radius 3 is 2.78 bits per heavy atom. The quantitative estimate of drug-likeness (QED) is 0.679. The van der Waals surface area contributed by atoms with Gasteiger partial charge < -0.3 is 24.2 Å². The molecule has 1 aromatic carbocycles. The highest BCUT2D eigenvalue weighted by Gasteiger charge is 2.17. The number of rotatable bonds is 10. The molecule has 1 heterocycles. The predicted octanol–water partition coefficient (Wildman–Crippen LogP) is 2.14. The number of ether oxygens (including phenoxy) is 2. The van der Waals surface area contributed by atoms with E-state index in [9.17, 15) is 4.79 Å². The van der Waals surface area contributed by atoms with Gasteiger partial charge in [-0.25, -0.2) is 0 Å². The lowest BCUT2D eigenvalue weighted by atomic mass is 10.1. The molecule has 2 rings (SSSR count). The van der Waals surface area contributed by atoms with Gasteiger partial charge in [0.1, 0.15) is 11.9 Å². The number of carbonyl (C=O) groups excluding carboxylic acids is 1. The van der Waals surface area contributed by atoms with Crippen LogP contribution in [-0.4, -0.2) is 55.8 Å². The summed E-state index contributed by atoms with van der Waals surface area (Å²) in [5.74, 6) is 1.65. The summed E-state index contributed by atoms with van der Waals surface area (Å²) in [5.41, 5.74) is 1.08. The van der Waals surface area contributed by atoms with Crippen molar-refractivity contribution in [1.29, 1.82) is 0 Å². The van der Waals surface area contributed by atoms with E-state index in [1.54, 1.807) is 14.2 Å². The number of methoxy groups -OCH3 is 2. The van der Waals surface area contributed by atoms with E-state index in [1.807, 2.05) is 45.3 Å². The van der Waals surface area contributed by atoms with Gasteiger partial charge in [0.2, 0.25) is 11.8 Å². The summed E-state index contributed by atoms with van der Waals surface area (Å²) in [4.78, 5) is 18.5. The number of nitrogens with zero attached hydrogens (tertiary/aromatic N) is 3. The average molecular weight is 376 g/mol. The van der Waals surface area contributed by atoms with Crippen LogP contribution in [-0.2, 0) is 16.0 Å². The molecule has 1 N–H and O–H groups in total. The molecule has 1 amide bonds. The molecule has 0 radical (unpaired) electrons. The van der Waals surface area contributed by atoms with Gasteiger partial charge in [0.15, 0.2) is 5.82 Å². The zero-order valence-electron chi connectivity index (χ0n) is 16.6. The number of nitrogens with one attached hydrogen (secondary N) is 1. The maximum absolute atomic E-state index is 12.2. The molecule has 8 nitrogen and oxygen atoms in total. The highest BCUT2D eigenvalue weighted by molar-refractivity contribution is 5.76. The number of hydrogen-bond acceptors (Lipinski definition) is 7. The van der Waals surface area contributed by atoms with Crippen LogP contribution in [0.25, 0.3) is 0 Å². The van der Waals surface area contributed by atoms with Crippen molar-refractivity contribution in [1.82, 2.24) is 20.4 Å². The van der Waals surface area contributed by atoms with Crippen LogP contribution in [0.1, 0.15) is 42.8 Å². The topological polar surface area (TPSA) is 89.7 Å². The van der Waals surface area contributed by atoms with Gasteiger partial charge in [0.05, 0.1) is 13.2 Å². The van der Waals surface area contributed by atoms with Crippen LogP contribution in [0.4, 0.5) is 0 Å².